The third-order valence-electron chi connectivity index (χ3n) is 2.69. The van der Waals surface area contributed by atoms with E-state index < -0.39 is 4.92 Å². The molecule has 0 bridgehead atoms. The van der Waals surface area contributed by atoms with Crippen LogP contribution in [0.2, 0.25) is 5.02 Å². The van der Waals surface area contributed by atoms with E-state index in [1.54, 1.807) is 12.1 Å². The molecule has 0 saturated carbocycles. The van der Waals surface area contributed by atoms with Gasteiger partial charge in [0.15, 0.2) is 0 Å². The molecular weight excluding hydrogens is 296 g/mol. The first-order valence-electron chi connectivity index (χ1n) is 5.81. The van der Waals surface area contributed by atoms with Gasteiger partial charge in [-0.2, -0.15) is 5.26 Å². The van der Waals surface area contributed by atoms with Crippen LogP contribution in [0, 0.1) is 21.4 Å². The Kier molecular flexibility index (Phi) is 4.38. The van der Waals surface area contributed by atoms with Gasteiger partial charge in [-0.3, -0.25) is 10.1 Å². The second-order valence-corrected chi connectivity index (χ2v) is 4.48. The van der Waals surface area contributed by atoms with Crippen molar-refractivity contribution in [3.05, 3.63) is 62.7 Å². The van der Waals surface area contributed by atoms with Crippen molar-refractivity contribution in [3.63, 3.8) is 0 Å². The molecule has 7 heteroatoms. The summed E-state index contributed by atoms with van der Waals surface area (Å²) >= 11 is 5.79. The van der Waals surface area contributed by atoms with Crippen LogP contribution in [0.3, 0.4) is 0 Å². The van der Waals surface area contributed by atoms with Crippen LogP contribution in [-0.4, -0.2) is 10.0 Å². The van der Waals surface area contributed by atoms with E-state index in [9.17, 15) is 10.1 Å². The minimum atomic E-state index is -0.594. The van der Waals surface area contributed by atoms with Crippen LogP contribution in [0.25, 0.3) is 0 Å². The van der Waals surface area contributed by atoms with Crippen molar-refractivity contribution < 1.29 is 14.8 Å². The van der Waals surface area contributed by atoms with Crippen molar-refractivity contribution in [2.24, 2.45) is 0 Å². The number of halogens is 1. The van der Waals surface area contributed by atoms with Crippen molar-refractivity contribution in [2.75, 3.05) is 0 Å². The van der Waals surface area contributed by atoms with Crippen molar-refractivity contribution in [3.8, 4) is 17.6 Å². The topological polar surface area (TPSA) is 96.4 Å². The highest BCUT2D eigenvalue weighted by atomic mass is 35.5. The lowest BCUT2D eigenvalue weighted by molar-refractivity contribution is -0.384. The minimum Gasteiger partial charge on any atom is -0.456 e. The quantitative estimate of drug-likeness (QED) is 0.689. The van der Waals surface area contributed by atoms with E-state index >= 15 is 0 Å². The molecule has 106 valence electrons. The molecule has 0 heterocycles. The van der Waals surface area contributed by atoms with Gasteiger partial charge in [0.05, 0.1) is 17.1 Å². The summed E-state index contributed by atoms with van der Waals surface area (Å²) < 4.78 is 5.50. The van der Waals surface area contributed by atoms with Gasteiger partial charge in [0, 0.05) is 12.1 Å². The van der Waals surface area contributed by atoms with E-state index in [0.717, 1.165) is 0 Å². The third-order valence-corrected chi connectivity index (χ3v) is 2.99. The highest BCUT2D eigenvalue weighted by molar-refractivity contribution is 6.32. The zero-order valence-electron chi connectivity index (χ0n) is 10.6. The maximum atomic E-state index is 10.7. The molecule has 0 fully saturated rings. The second-order valence-electron chi connectivity index (χ2n) is 4.07. The highest BCUT2D eigenvalue weighted by Crippen LogP contribution is 2.32. The predicted octanol–water partition coefficient (Wildman–Crippen LogP) is 3.40. The van der Waals surface area contributed by atoms with Gasteiger partial charge in [-0.1, -0.05) is 17.7 Å². The van der Waals surface area contributed by atoms with Gasteiger partial charge < -0.3 is 9.84 Å². The lowest BCUT2D eigenvalue weighted by atomic mass is 10.1. The van der Waals surface area contributed by atoms with Crippen LogP contribution in [0.5, 0.6) is 11.5 Å². The van der Waals surface area contributed by atoms with E-state index in [1.807, 2.05) is 6.07 Å². The number of hydrogen-bond acceptors (Lipinski definition) is 5. The first-order valence-corrected chi connectivity index (χ1v) is 6.18. The monoisotopic (exact) mass is 304 g/mol. The van der Waals surface area contributed by atoms with Gasteiger partial charge in [-0.25, -0.2) is 0 Å². The SMILES string of the molecule is N#Cc1cc(CO)ccc1Oc1ccc([N+](=O)[O-])c(Cl)c1. The zero-order valence-corrected chi connectivity index (χ0v) is 11.4. The Morgan fingerprint density at radius 2 is 2.10 bits per heavy atom. The molecular formula is C14H9ClN2O4. The Morgan fingerprint density at radius 3 is 2.67 bits per heavy atom. The zero-order chi connectivity index (χ0) is 15.4. The van der Waals surface area contributed by atoms with Gasteiger partial charge in [0.25, 0.3) is 5.69 Å². The largest absolute Gasteiger partial charge is 0.456 e. The Balaban J connectivity index is 2.32. The fourth-order valence-electron chi connectivity index (χ4n) is 1.68. The smallest absolute Gasteiger partial charge is 0.288 e. The number of benzene rings is 2. The molecule has 0 unspecified atom stereocenters. The first-order chi connectivity index (χ1) is 10.0. The third kappa shape index (κ3) is 3.28. The highest BCUT2D eigenvalue weighted by Gasteiger charge is 2.14. The molecule has 0 radical (unpaired) electrons. The maximum Gasteiger partial charge on any atom is 0.288 e. The molecule has 0 aliphatic rings. The molecule has 0 aliphatic carbocycles. The Bertz CT molecular complexity index is 740. The lowest BCUT2D eigenvalue weighted by Gasteiger charge is -2.08. The number of aliphatic hydroxyl groups excluding tert-OH is 1. The summed E-state index contributed by atoms with van der Waals surface area (Å²) in [6.45, 7) is -0.182. The van der Waals surface area contributed by atoms with Crippen molar-refractivity contribution in [1.29, 1.82) is 5.26 Å². The molecule has 2 aromatic carbocycles. The fraction of sp³-hybridized carbons (Fsp3) is 0.0714. The van der Waals surface area contributed by atoms with E-state index in [2.05, 4.69) is 0 Å². The predicted molar refractivity (Wildman–Crippen MR) is 75.3 cm³/mol. The summed E-state index contributed by atoms with van der Waals surface area (Å²) in [7, 11) is 0. The van der Waals surface area contributed by atoms with Crippen LogP contribution in [-0.2, 0) is 6.61 Å². The van der Waals surface area contributed by atoms with Crippen molar-refractivity contribution >= 4 is 17.3 Å². The Labute approximate surface area is 124 Å². The van der Waals surface area contributed by atoms with E-state index in [1.165, 1.54) is 24.3 Å². The summed E-state index contributed by atoms with van der Waals surface area (Å²) in [6, 6.07) is 10.5. The van der Waals surface area contributed by atoms with Gasteiger partial charge >= 0.3 is 0 Å². The molecule has 1 N–H and O–H groups in total. The fourth-order valence-corrected chi connectivity index (χ4v) is 1.92. The van der Waals surface area contributed by atoms with E-state index in [0.29, 0.717) is 5.56 Å². The number of ether oxygens (including phenoxy) is 1. The molecule has 0 atom stereocenters. The van der Waals surface area contributed by atoms with Crippen LogP contribution in [0.1, 0.15) is 11.1 Å². The lowest BCUT2D eigenvalue weighted by Crippen LogP contribution is -1.93. The average molecular weight is 305 g/mol. The standard InChI is InChI=1S/C14H9ClN2O4/c15-12-6-11(2-3-13(12)17(19)20)21-14-4-1-9(8-18)5-10(14)7-16/h1-6,18H,8H2. The molecule has 2 rings (SSSR count). The number of aliphatic hydroxyl groups is 1. The Morgan fingerprint density at radius 1 is 1.33 bits per heavy atom. The number of nitro benzene ring substituents is 1. The van der Waals surface area contributed by atoms with Crippen molar-refractivity contribution in [1.82, 2.24) is 0 Å². The van der Waals surface area contributed by atoms with Crippen LogP contribution < -0.4 is 4.74 Å². The van der Waals surface area contributed by atoms with Crippen LogP contribution in [0.15, 0.2) is 36.4 Å². The summed E-state index contributed by atoms with van der Waals surface area (Å²) in [5.41, 5.74) is 0.608. The average Bonchev–Trinajstić information content (AvgIpc) is 2.47. The summed E-state index contributed by atoms with van der Waals surface area (Å²) in [6.07, 6.45) is 0. The first kappa shape index (κ1) is 14.8. The molecule has 2 aromatic rings. The van der Waals surface area contributed by atoms with Crippen molar-refractivity contribution in [2.45, 2.75) is 6.61 Å². The summed E-state index contributed by atoms with van der Waals surface area (Å²) in [4.78, 5) is 10.1. The normalized spacial score (nSPS) is 9.95. The number of nitriles is 1. The number of hydrogen-bond donors (Lipinski definition) is 1. The number of nitro groups is 1. The van der Waals surface area contributed by atoms with Gasteiger partial charge in [-0.15, -0.1) is 0 Å². The summed E-state index contributed by atoms with van der Waals surface area (Å²) in [5, 5.41) is 28.7. The molecule has 0 amide bonds. The second kappa shape index (κ2) is 6.22. The molecule has 0 saturated heterocycles. The van der Waals surface area contributed by atoms with Gasteiger partial charge in [0.1, 0.15) is 22.6 Å². The molecule has 0 spiro atoms. The van der Waals surface area contributed by atoms with Gasteiger partial charge in [-0.05, 0) is 23.8 Å². The van der Waals surface area contributed by atoms with E-state index in [4.69, 9.17) is 26.7 Å². The molecule has 6 nitrogen and oxygen atoms in total. The van der Waals surface area contributed by atoms with Crippen LogP contribution >= 0.6 is 11.6 Å². The molecule has 21 heavy (non-hydrogen) atoms. The maximum absolute atomic E-state index is 10.7. The Hall–Kier alpha value is -2.62. The van der Waals surface area contributed by atoms with Crippen LogP contribution in [0.4, 0.5) is 5.69 Å². The van der Waals surface area contributed by atoms with E-state index in [-0.39, 0.29) is 34.4 Å². The number of nitrogens with zero attached hydrogens (tertiary/aromatic N) is 2. The summed E-state index contributed by atoms with van der Waals surface area (Å²) in [5.74, 6) is 0.554. The molecule has 0 aromatic heterocycles. The minimum absolute atomic E-state index is 0.0528. The molecule has 0 aliphatic heterocycles. The number of rotatable bonds is 4. The van der Waals surface area contributed by atoms with Gasteiger partial charge in [0.2, 0.25) is 0 Å².